The van der Waals surface area contributed by atoms with Crippen molar-refractivity contribution in [1.82, 2.24) is 0 Å². The molecular weight excluding hydrogens is 314 g/mol. The minimum absolute atomic E-state index is 0.00628. The number of carbonyl (C=O) groups excluding carboxylic acids is 1. The second-order valence-corrected chi connectivity index (χ2v) is 7.76. The number of methoxy groups -OCH3 is 1. The summed E-state index contributed by atoms with van der Waals surface area (Å²) in [4.78, 5) is 14.0. The Morgan fingerprint density at radius 2 is 1.96 bits per heavy atom. The van der Waals surface area contributed by atoms with Crippen molar-refractivity contribution in [2.75, 3.05) is 12.0 Å². The van der Waals surface area contributed by atoms with Gasteiger partial charge < -0.3 is 14.1 Å². The number of hydrogen-bond acceptors (Lipinski definition) is 4. The number of nitrogens with zero attached hydrogens (tertiary/aromatic N) is 1. The van der Waals surface area contributed by atoms with E-state index in [0.717, 1.165) is 12.2 Å². The summed E-state index contributed by atoms with van der Waals surface area (Å²) in [5.74, 6) is 1.10. The Hall–Kier alpha value is -2.23. The summed E-state index contributed by atoms with van der Waals surface area (Å²) in [6, 6.07) is 8.15. The Kier molecular flexibility index (Phi) is 4.40. The van der Waals surface area contributed by atoms with Gasteiger partial charge in [0.2, 0.25) is 5.76 Å². The number of esters is 1. The average molecular weight is 341 g/mol. The van der Waals surface area contributed by atoms with E-state index < -0.39 is 5.97 Å². The van der Waals surface area contributed by atoms with E-state index >= 15 is 0 Å². The molecule has 134 valence electrons. The van der Waals surface area contributed by atoms with Crippen LogP contribution in [0.1, 0.15) is 66.1 Å². The number of aryl methyl sites for hydroxylation is 2. The molecule has 3 rings (SSSR count). The Morgan fingerprint density at radius 1 is 1.28 bits per heavy atom. The van der Waals surface area contributed by atoms with Crippen LogP contribution in [0.25, 0.3) is 0 Å². The van der Waals surface area contributed by atoms with Gasteiger partial charge in [-0.2, -0.15) is 0 Å². The summed E-state index contributed by atoms with van der Waals surface area (Å²) in [5, 5.41) is 0. The van der Waals surface area contributed by atoms with Crippen molar-refractivity contribution < 1.29 is 13.9 Å². The van der Waals surface area contributed by atoms with Crippen molar-refractivity contribution >= 4 is 11.7 Å². The maximum Gasteiger partial charge on any atom is 0.373 e. The summed E-state index contributed by atoms with van der Waals surface area (Å²) in [7, 11) is 1.36. The molecule has 4 heteroatoms. The highest BCUT2D eigenvalue weighted by Gasteiger charge is 2.37. The van der Waals surface area contributed by atoms with Gasteiger partial charge in [0.25, 0.3) is 0 Å². The fourth-order valence-electron chi connectivity index (χ4n) is 3.88. The third kappa shape index (κ3) is 3.17. The van der Waals surface area contributed by atoms with Crippen LogP contribution in [-0.2, 0) is 11.3 Å². The van der Waals surface area contributed by atoms with Crippen LogP contribution in [0.3, 0.4) is 0 Å². The molecule has 0 aliphatic carbocycles. The number of hydrogen-bond donors (Lipinski definition) is 0. The Balaban J connectivity index is 1.99. The molecule has 25 heavy (non-hydrogen) atoms. The van der Waals surface area contributed by atoms with Gasteiger partial charge in [0, 0.05) is 11.2 Å². The molecule has 1 aromatic carbocycles. The van der Waals surface area contributed by atoms with Crippen LogP contribution in [-0.4, -0.2) is 18.6 Å². The first kappa shape index (κ1) is 17.6. The molecule has 0 radical (unpaired) electrons. The van der Waals surface area contributed by atoms with Crippen molar-refractivity contribution in [3.05, 3.63) is 52.5 Å². The molecule has 0 bridgehead atoms. The van der Waals surface area contributed by atoms with E-state index in [0.29, 0.717) is 12.5 Å². The van der Waals surface area contributed by atoms with E-state index in [1.807, 2.05) is 6.07 Å². The predicted molar refractivity (Wildman–Crippen MR) is 99.3 cm³/mol. The van der Waals surface area contributed by atoms with Gasteiger partial charge in [-0.15, -0.1) is 0 Å². The van der Waals surface area contributed by atoms with Crippen LogP contribution in [0.15, 0.2) is 28.7 Å². The van der Waals surface area contributed by atoms with Gasteiger partial charge in [0.05, 0.1) is 13.7 Å². The zero-order chi connectivity index (χ0) is 18.4. The Labute approximate surface area is 149 Å². The third-order valence-corrected chi connectivity index (χ3v) is 5.36. The number of ether oxygens (including phenoxy) is 1. The summed E-state index contributed by atoms with van der Waals surface area (Å²) in [6.07, 6.45) is 1.08. The van der Waals surface area contributed by atoms with Crippen molar-refractivity contribution in [1.29, 1.82) is 0 Å². The average Bonchev–Trinajstić information content (AvgIpc) is 3.01. The zero-order valence-electron chi connectivity index (χ0n) is 16.0. The molecule has 0 fully saturated rings. The molecule has 0 saturated heterocycles. The molecule has 0 amide bonds. The molecule has 2 aromatic rings. The standard InChI is InChI=1S/C21H27NO3/c1-13-9-17-15(3)11-21(4,5)22(18(17)10-14(13)2)12-16-7-8-19(25-16)20(23)24-6/h7-10,15H,11-12H2,1-6H3/t15-/m0/s1. The number of furan rings is 1. The number of benzene rings is 1. The molecular formula is C21H27NO3. The molecule has 4 nitrogen and oxygen atoms in total. The Morgan fingerprint density at radius 3 is 2.64 bits per heavy atom. The fourth-order valence-corrected chi connectivity index (χ4v) is 3.88. The van der Waals surface area contributed by atoms with Gasteiger partial charge in [0.15, 0.2) is 0 Å². The maximum absolute atomic E-state index is 11.6. The number of carbonyl (C=O) groups is 1. The van der Waals surface area contributed by atoms with Gasteiger partial charge in [-0.1, -0.05) is 13.0 Å². The van der Waals surface area contributed by atoms with Gasteiger partial charge in [0.1, 0.15) is 5.76 Å². The minimum atomic E-state index is -0.440. The van der Waals surface area contributed by atoms with Crippen molar-refractivity contribution in [3.63, 3.8) is 0 Å². The number of anilines is 1. The van der Waals surface area contributed by atoms with E-state index in [1.165, 1.54) is 29.5 Å². The summed E-state index contributed by atoms with van der Waals surface area (Å²) in [6.45, 7) is 11.8. The number of fused-ring (bicyclic) bond motifs is 1. The summed E-state index contributed by atoms with van der Waals surface area (Å²) < 4.78 is 10.4. The van der Waals surface area contributed by atoms with E-state index in [-0.39, 0.29) is 11.3 Å². The zero-order valence-corrected chi connectivity index (χ0v) is 16.0. The van der Waals surface area contributed by atoms with Gasteiger partial charge in [-0.3, -0.25) is 0 Å². The van der Waals surface area contributed by atoms with Crippen LogP contribution < -0.4 is 4.90 Å². The SMILES string of the molecule is COC(=O)c1ccc(CN2c3cc(C)c(C)cc3[C@@H](C)CC2(C)C)o1. The van der Waals surface area contributed by atoms with Crippen LogP contribution in [0.4, 0.5) is 5.69 Å². The second-order valence-electron chi connectivity index (χ2n) is 7.76. The Bertz CT molecular complexity index is 803. The lowest BCUT2D eigenvalue weighted by Gasteiger charge is -2.47. The molecule has 0 saturated carbocycles. The monoisotopic (exact) mass is 341 g/mol. The highest BCUT2D eigenvalue weighted by molar-refractivity contribution is 5.86. The predicted octanol–water partition coefficient (Wildman–Crippen LogP) is 4.98. The van der Waals surface area contributed by atoms with E-state index in [9.17, 15) is 4.79 Å². The van der Waals surface area contributed by atoms with Gasteiger partial charge >= 0.3 is 5.97 Å². The molecule has 0 unspecified atom stereocenters. The summed E-state index contributed by atoms with van der Waals surface area (Å²) in [5.41, 5.74) is 5.29. The van der Waals surface area contributed by atoms with Crippen LogP contribution in [0.2, 0.25) is 0 Å². The van der Waals surface area contributed by atoms with Crippen molar-refractivity contribution in [2.45, 2.75) is 59.0 Å². The first-order valence-corrected chi connectivity index (χ1v) is 8.78. The quantitative estimate of drug-likeness (QED) is 0.739. The first-order valence-electron chi connectivity index (χ1n) is 8.78. The first-order chi connectivity index (χ1) is 11.7. The molecule has 0 N–H and O–H groups in total. The molecule has 0 spiro atoms. The summed E-state index contributed by atoms with van der Waals surface area (Å²) >= 11 is 0. The van der Waals surface area contributed by atoms with Gasteiger partial charge in [-0.05, 0) is 74.9 Å². The molecule has 1 aromatic heterocycles. The second kappa shape index (κ2) is 6.25. The van der Waals surface area contributed by atoms with Crippen LogP contribution in [0, 0.1) is 13.8 Å². The van der Waals surface area contributed by atoms with Crippen molar-refractivity contribution in [3.8, 4) is 0 Å². The van der Waals surface area contributed by atoms with Crippen molar-refractivity contribution in [2.24, 2.45) is 0 Å². The number of rotatable bonds is 3. The van der Waals surface area contributed by atoms with E-state index in [1.54, 1.807) is 6.07 Å². The van der Waals surface area contributed by atoms with E-state index in [2.05, 4.69) is 51.7 Å². The lowest BCUT2D eigenvalue weighted by Crippen LogP contribution is -2.47. The normalized spacial score (nSPS) is 18.8. The highest BCUT2D eigenvalue weighted by atomic mass is 16.5. The molecule has 1 aliphatic heterocycles. The maximum atomic E-state index is 11.6. The third-order valence-electron chi connectivity index (χ3n) is 5.36. The highest BCUT2D eigenvalue weighted by Crippen LogP contribution is 2.45. The smallest absolute Gasteiger partial charge is 0.373 e. The molecule has 1 aliphatic rings. The lowest BCUT2D eigenvalue weighted by molar-refractivity contribution is 0.0563. The van der Waals surface area contributed by atoms with E-state index in [4.69, 9.17) is 9.15 Å². The lowest BCUT2D eigenvalue weighted by atomic mass is 9.79. The molecule has 1 atom stereocenters. The largest absolute Gasteiger partial charge is 0.463 e. The van der Waals surface area contributed by atoms with Crippen LogP contribution in [0.5, 0.6) is 0 Å². The fraction of sp³-hybridized carbons (Fsp3) is 0.476. The minimum Gasteiger partial charge on any atom is -0.463 e. The molecule has 2 heterocycles. The van der Waals surface area contributed by atoms with Crippen LogP contribution >= 0.6 is 0 Å². The van der Waals surface area contributed by atoms with Gasteiger partial charge in [-0.25, -0.2) is 4.79 Å². The topological polar surface area (TPSA) is 42.7 Å².